The molecule has 1 aromatic carbocycles. The summed E-state index contributed by atoms with van der Waals surface area (Å²) in [4.78, 5) is 78.3. The van der Waals surface area contributed by atoms with Crippen molar-refractivity contribution in [3.05, 3.63) is 59.2 Å². The van der Waals surface area contributed by atoms with Crippen LogP contribution in [0.3, 0.4) is 0 Å². The second-order valence-corrected chi connectivity index (χ2v) is 12.1. The molecule has 0 spiro atoms. The summed E-state index contributed by atoms with van der Waals surface area (Å²) in [6.45, 7) is 11.7. The number of ketones is 2. The molecule has 3 rings (SSSR count). The quantitative estimate of drug-likeness (QED) is 0.271. The second kappa shape index (κ2) is 13.1. The zero-order valence-electron chi connectivity index (χ0n) is 25.9. The Bertz CT molecular complexity index is 1350. The fraction of sp³-hybridized carbons (Fsp3) is 0.515. The summed E-state index contributed by atoms with van der Waals surface area (Å²) in [5.74, 6) is -5.37. The Morgan fingerprint density at radius 3 is 1.98 bits per heavy atom. The molecule has 0 heterocycles. The average molecular weight is 597 g/mol. The van der Waals surface area contributed by atoms with Gasteiger partial charge in [-0.1, -0.05) is 51.1 Å². The van der Waals surface area contributed by atoms with Crippen molar-refractivity contribution in [2.45, 2.75) is 92.1 Å². The summed E-state index contributed by atoms with van der Waals surface area (Å²) in [5.41, 5.74) is -2.14. The van der Waals surface area contributed by atoms with Crippen molar-refractivity contribution >= 4 is 35.4 Å². The van der Waals surface area contributed by atoms with E-state index >= 15 is 0 Å². The largest absolute Gasteiger partial charge is 0.458 e. The third kappa shape index (κ3) is 7.29. The number of Topliss-reactive ketones (excluding diaryl/α,β-unsaturated/α-hetero) is 2. The summed E-state index contributed by atoms with van der Waals surface area (Å²) in [6, 6.07) is 8.31. The molecule has 0 aliphatic heterocycles. The first-order chi connectivity index (χ1) is 20.0. The van der Waals surface area contributed by atoms with Crippen LogP contribution in [-0.4, -0.2) is 59.4 Å². The Kier molecular flexibility index (Phi) is 10.1. The molecular formula is C33H40O10. The molecule has 0 aromatic heterocycles. The molecule has 0 N–H and O–H groups in total. The maximum Gasteiger partial charge on any atom is 0.338 e. The molecule has 2 aliphatic carbocycles. The van der Waals surface area contributed by atoms with E-state index in [0.29, 0.717) is 0 Å². The minimum atomic E-state index is -1.78. The van der Waals surface area contributed by atoms with E-state index in [-0.39, 0.29) is 29.6 Å². The van der Waals surface area contributed by atoms with Crippen molar-refractivity contribution in [3.8, 4) is 0 Å². The number of hydrogen-bond donors (Lipinski definition) is 0. The first-order valence-electron chi connectivity index (χ1n) is 14.2. The molecule has 0 unspecified atom stereocenters. The Morgan fingerprint density at radius 2 is 1.42 bits per heavy atom. The second-order valence-electron chi connectivity index (χ2n) is 12.1. The number of fused-ring (bicyclic) bond motifs is 1. The average Bonchev–Trinajstić information content (AvgIpc) is 3.17. The Balaban J connectivity index is 2.31. The van der Waals surface area contributed by atoms with Gasteiger partial charge in [0.1, 0.15) is 6.10 Å². The van der Waals surface area contributed by atoms with Gasteiger partial charge in [-0.2, -0.15) is 0 Å². The Labute approximate surface area is 251 Å². The lowest BCUT2D eigenvalue weighted by atomic mass is 9.76. The maximum absolute atomic E-state index is 14.3. The summed E-state index contributed by atoms with van der Waals surface area (Å²) in [6.07, 6.45) is -0.620. The number of carbonyl (C=O) groups is 6. The van der Waals surface area contributed by atoms with E-state index in [1.807, 2.05) is 0 Å². The fourth-order valence-electron chi connectivity index (χ4n) is 5.89. The van der Waals surface area contributed by atoms with Crippen LogP contribution in [0.5, 0.6) is 0 Å². The van der Waals surface area contributed by atoms with Crippen LogP contribution < -0.4 is 0 Å². The third-order valence-electron chi connectivity index (χ3n) is 8.00. The molecular weight excluding hydrogens is 556 g/mol. The zero-order chi connectivity index (χ0) is 32.3. The van der Waals surface area contributed by atoms with Gasteiger partial charge in [-0.05, 0) is 49.5 Å². The number of carbonyl (C=O) groups excluding carboxylic acids is 6. The lowest BCUT2D eigenvalue weighted by Gasteiger charge is -2.36. The summed E-state index contributed by atoms with van der Waals surface area (Å²) in [5, 5.41) is 0. The van der Waals surface area contributed by atoms with Gasteiger partial charge in [0.15, 0.2) is 17.5 Å². The molecule has 232 valence electrons. The van der Waals surface area contributed by atoms with Crippen molar-refractivity contribution < 1.29 is 47.7 Å². The first-order valence-corrected chi connectivity index (χ1v) is 14.2. The molecule has 2 aliphatic rings. The van der Waals surface area contributed by atoms with E-state index in [1.165, 1.54) is 13.0 Å². The molecule has 1 aromatic rings. The number of rotatable bonds is 5. The topological polar surface area (TPSA) is 139 Å². The number of benzene rings is 1. The molecule has 0 amide bonds. The standard InChI is InChI=1S/C33H40O10/c1-18-14-15-32(7,8)30(38)28(41-22(5)35)27(40-21(4)34)19(2)16-25-26(42-31(39)24-12-10-9-11-13-24)20(3)17-33(25,29(18)37)43-23(6)36/h9-14,16,20,25-28H,15,17H2,1-8H3/t20-,25-,26-,27-,28-,33-/m0/s1. The van der Waals surface area contributed by atoms with E-state index in [1.54, 1.807) is 71.0 Å². The molecule has 6 atom stereocenters. The van der Waals surface area contributed by atoms with Crippen molar-refractivity contribution in [1.29, 1.82) is 0 Å². The molecule has 10 heteroatoms. The minimum absolute atomic E-state index is 0.0334. The van der Waals surface area contributed by atoms with Crippen molar-refractivity contribution in [3.63, 3.8) is 0 Å². The van der Waals surface area contributed by atoms with Crippen molar-refractivity contribution in [2.75, 3.05) is 0 Å². The van der Waals surface area contributed by atoms with Gasteiger partial charge in [0, 0.05) is 32.6 Å². The lowest BCUT2D eigenvalue weighted by Crippen LogP contribution is -2.50. The summed E-state index contributed by atoms with van der Waals surface area (Å²) >= 11 is 0. The minimum Gasteiger partial charge on any atom is -0.458 e. The van der Waals surface area contributed by atoms with Crippen LogP contribution in [0, 0.1) is 17.3 Å². The van der Waals surface area contributed by atoms with Gasteiger partial charge in [0.05, 0.1) is 11.5 Å². The molecule has 0 saturated heterocycles. The van der Waals surface area contributed by atoms with Crippen LogP contribution in [0.4, 0.5) is 0 Å². The van der Waals surface area contributed by atoms with Crippen LogP contribution in [-0.2, 0) is 42.9 Å². The predicted octanol–water partition coefficient (Wildman–Crippen LogP) is 4.49. The Morgan fingerprint density at radius 1 is 0.837 bits per heavy atom. The van der Waals surface area contributed by atoms with E-state index in [9.17, 15) is 28.8 Å². The normalized spacial score (nSPS) is 29.1. The predicted molar refractivity (Wildman–Crippen MR) is 154 cm³/mol. The molecule has 1 fully saturated rings. The Hall–Kier alpha value is -4.08. The van der Waals surface area contributed by atoms with Crippen LogP contribution in [0.25, 0.3) is 0 Å². The first kappa shape index (κ1) is 33.4. The van der Waals surface area contributed by atoms with E-state index in [4.69, 9.17) is 18.9 Å². The van der Waals surface area contributed by atoms with E-state index < -0.39 is 76.6 Å². The number of allylic oxidation sites excluding steroid dienone is 1. The zero-order valence-corrected chi connectivity index (χ0v) is 25.9. The van der Waals surface area contributed by atoms with Gasteiger partial charge >= 0.3 is 23.9 Å². The summed E-state index contributed by atoms with van der Waals surface area (Å²) < 4.78 is 22.9. The fourth-order valence-corrected chi connectivity index (χ4v) is 5.89. The van der Waals surface area contributed by atoms with Gasteiger partial charge < -0.3 is 18.9 Å². The van der Waals surface area contributed by atoms with Crippen molar-refractivity contribution in [2.24, 2.45) is 17.3 Å². The molecule has 0 radical (unpaired) electrons. The van der Waals surface area contributed by atoms with Gasteiger partial charge in [0.2, 0.25) is 11.9 Å². The van der Waals surface area contributed by atoms with E-state index in [2.05, 4.69) is 0 Å². The highest BCUT2D eigenvalue weighted by atomic mass is 16.6. The van der Waals surface area contributed by atoms with Crippen molar-refractivity contribution in [1.82, 2.24) is 0 Å². The van der Waals surface area contributed by atoms with Gasteiger partial charge in [-0.15, -0.1) is 0 Å². The SMILES string of the molecule is CC(=O)O[C@@H]1C(=O)C(C)(C)CC=C(C)C(=O)[C@]2(OC(C)=O)C[C@H](C)[C@H](OC(=O)c3ccccc3)[C@@H]2C=C(C)[C@@H]1OC(C)=O. The molecule has 43 heavy (non-hydrogen) atoms. The maximum atomic E-state index is 14.3. The highest BCUT2D eigenvalue weighted by molar-refractivity contribution is 6.03. The highest BCUT2D eigenvalue weighted by Gasteiger charge is 2.60. The molecule has 1 saturated carbocycles. The molecule has 10 nitrogen and oxygen atoms in total. The van der Waals surface area contributed by atoms with Gasteiger partial charge in [0.25, 0.3) is 0 Å². The summed E-state index contributed by atoms with van der Waals surface area (Å²) in [7, 11) is 0. The smallest absolute Gasteiger partial charge is 0.338 e. The van der Waals surface area contributed by atoms with Crippen LogP contribution >= 0.6 is 0 Å². The number of esters is 4. The van der Waals surface area contributed by atoms with Gasteiger partial charge in [-0.3, -0.25) is 24.0 Å². The van der Waals surface area contributed by atoms with Crippen LogP contribution in [0.1, 0.15) is 78.6 Å². The lowest BCUT2D eigenvalue weighted by molar-refractivity contribution is -0.170. The van der Waals surface area contributed by atoms with E-state index in [0.717, 1.165) is 13.8 Å². The highest BCUT2D eigenvalue weighted by Crippen LogP contribution is 2.48. The monoisotopic (exact) mass is 596 g/mol. The third-order valence-corrected chi connectivity index (χ3v) is 8.00. The van der Waals surface area contributed by atoms with Gasteiger partial charge in [-0.25, -0.2) is 4.79 Å². The number of ether oxygens (including phenoxy) is 4. The van der Waals surface area contributed by atoms with Crippen LogP contribution in [0.2, 0.25) is 0 Å². The van der Waals surface area contributed by atoms with Crippen LogP contribution in [0.15, 0.2) is 53.6 Å². The number of hydrogen-bond acceptors (Lipinski definition) is 10. The molecule has 0 bridgehead atoms.